The molecule has 0 amide bonds. The topological polar surface area (TPSA) is 81.4 Å². The first-order valence-corrected chi connectivity index (χ1v) is 8.24. The van der Waals surface area contributed by atoms with E-state index in [1.165, 1.54) is 12.1 Å². The number of pyridine rings is 1. The average molecular weight is 336 g/mol. The molecule has 0 spiro atoms. The second-order valence-corrected chi connectivity index (χ2v) is 6.23. The number of anilines is 1. The van der Waals surface area contributed by atoms with E-state index in [1.807, 2.05) is 32.6 Å². The molecule has 0 fully saturated rings. The first kappa shape index (κ1) is 17.1. The van der Waals surface area contributed by atoms with Gasteiger partial charge >= 0.3 is 5.69 Å². The zero-order valence-corrected chi connectivity index (χ0v) is 14.5. The maximum atomic E-state index is 11.3. The summed E-state index contributed by atoms with van der Waals surface area (Å²) in [6, 6.07) is 2.97. The van der Waals surface area contributed by atoms with Gasteiger partial charge in [-0.2, -0.15) is 4.98 Å². The molecule has 2 rings (SSSR count). The highest BCUT2D eigenvalue weighted by Gasteiger charge is 2.23. The highest BCUT2D eigenvalue weighted by atomic mass is 32.1. The van der Waals surface area contributed by atoms with Gasteiger partial charge in [-0.15, -0.1) is 11.3 Å². The number of nitro groups is 1. The lowest BCUT2D eigenvalue weighted by Gasteiger charge is -2.21. The first-order valence-electron chi connectivity index (χ1n) is 7.42. The van der Waals surface area contributed by atoms with Crippen LogP contribution in [-0.4, -0.2) is 28.0 Å². The largest absolute Gasteiger partial charge is 0.478 e. The predicted molar refractivity (Wildman–Crippen MR) is 90.4 cm³/mol. The van der Waals surface area contributed by atoms with Crippen LogP contribution in [0.5, 0.6) is 5.88 Å². The summed E-state index contributed by atoms with van der Waals surface area (Å²) in [7, 11) is 0. The van der Waals surface area contributed by atoms with Gasteiger partial charge in [0.25, 0.3) is 0 Å². The molecular formula is C15H20N4O3S. The molecule has 0 radical (unpaired) electrons. The minimum absolute atomic E-state index is 0.0193. The van der Waals surface area contributed by atoms with E-state index in [0.717, 1.165) is 15.6 Å². The minimum Gasteiger partial charge on any atom is -0.478 e. The van der Waals surface area contributed by atoms with Crippen LogP contribution in [0.4, 0.5) is 11.5 Å². The van der Waals surface area contributed by atoms with Crippen molar-refractivity contribution in [3.8, 4) is 5.88 Å². The molecule has 2 heterocycles. The predicted octanol–water partition coefficient (Wildman–Crippen LogP) is 3.49. The number of rotatable bonds is 7. The van der Waals surface area contributed by atoms with E-state index in [0.29, 0.717) is 31.4 Å². The Kier molecular flexibility index (Phi) is 5.49. The monoisotopic (exact) mass is 336 g/mol. The molecular weight excluding hydrogens is 316 g/mol. The SMILES string of the molecule is CCOc1ccc([N+](=O)[O-])c(N(CC)Cc2sc(C)nc2C)n1. The zero-order chi connectivity index (χ0) is 17.0. The van der Waals surface area contributed by atoms with Gasteiger partial charge in [-0.3, -0.25) is 10.1 Å². The molecule has 2 aromatic rings. The van der Waals surface area contributed by atoms with Gasteiger partial charge in [0.15, 0.2) is 0 Å². The zero-order valence-electron chi connectivity index (χ0n) is 13.7. The molecule has 0 bridgehead atoms. The van der Waals surface area contributed by atoms with E-state index in [1.54, 1.807) is 11.3 Å². The highest BCUT2D eigenvalue weighted by Crippen LogP contribution is 2.31. The Morgan fingerprint density at radius 1 is 1.30 bits per heavy atom. The van der Waals surface area contributed by atoms with Crippen molar-refractivity contribution in [2.45, 2.75) is 34.2 Å². The second-order valence-electron chi connectivity index (χ2n) is 4.94. The molecule has 7 nitrogen and oxygen atoms in total. The summed E-state index contributed by atoms with van der Waals surface area (Å²) in [6.45, 7) is 9.30. The number of aromatic nitrogens is 2. The van der Waals surface area contributed by atoms with Crippen molar-refractivity contribution in [2.24, 2.45) is 0 Å². The summed E-state index contributed by atoms with van der Waals surface area (Å²) >= 11 is 1.60. The molecule has 0 saturated carbocycles. The summed E-state index contributed by atoms with van der Waals surface area (Å²) in [5.41, 5.74) is 0.934. The van der Waals surface area contributed by atoms with Gasteiger partial charge in [0, 0.05) is 23.6 Å². The third-order valence-corrected chi connectivity index (χ3v) is 4.39. The standard InChI is InChI=1S/C15H20N4O3S/c1-5-18(9-13-10(3)16-11(4)23-13)15-12(19(20)21)7-8-14(17-15)22-6-2/h7-8H,5-6,9H2,1-4H3. The van der Waals surface area contributed by atoms with Crippen LogP contribution in [0, 0.1) is 24.0 Å². The fourth-order valence-electron chi connectivity index (χ4n) is 2.26. The van der Waals surface area contributed by atoms with Crippen molar-refractivity contribution in [3.63, 3.8) is 0 Å². The van der Waals surface area contributed by atoms with Crippen molar-refractivity contribution < 1.29 is 9.66 Å². The van der Waals surface area contributed by atoms with Crippen molar-refractivity contribution in [2.75, 3.05) is 18.1 Å². The van der Waals surface area contributed by atoms with Crippen LogP contribution in [0.2, 0.25) is 0 Å². The molecule has 0 saturated heterocycles. The molecule has 0 unspecified atom stereocenters. The summed E-state index contributed by atoms with van der Waals surface area (Å²) in [5, 5.41) is 12.3. The van der Waals surface area contributed by atoms with Crippen molar-refractivity contribution in [1.82, 2.24) is 9.97 Å². The third kappa shape index (κ3) is 3.95. The lowest BCUT2D eigenvalue weighted by Crippen LogP contribution is -2.24. The molecule has 124 valence electrons. The van der Waals surface area contributed by atoms with Gasteiger partial charge in [0.05, 0.1) is 28.8 Å². The number of ether oxygens (including phenoxy) is 1. The number of thiazole rings is 1. The van der Waals surface area contributed by atoms with Crippen molar-refractivity contribution in [1.29, 1.82) is 0 Å². The Labute approximate surface area is 139 Å². The number of hydrogen-bond acceptors (Lipinski definition) is 7. The molecule has 2 aromatic heterocycles. The quantitative estimate of drug-likeness (QED) is 0.568. The van der Waals surface area contributed by atoms with Crippen LogP contribution < -0.4 is 9.64 Å². The smallest absolute Gasteiger partial charge is 0.311 e. The molecule has 0 aromatic carbocycles. The van der Waals surface area contributed by atoms with Crippen LogP contribution in [0.25, 0.3) is 0 Å². The maximum Gasteiger partial charge on any atom is 0.311 e. The fourth-order valence-corrected chi connectivity index (χ4v) is 3.21. The molecule has 0 N–H and O–H groups in total. The van der Waals surface area contributed by atoms with Crippen LogP contribution in [-0.2, 0) is 6.54 Å². The van der Waals surface area contributed by atoms with Gasteiger partial charge in [0.1, 0.15) is 0 Å². The first-order chi connectivity index (χ1) is 11.0. The van der Waals surface area contributed by atoms with Gasteiger partial charge in [-0.1, -0.05) is 0 Å². The van der Waals surface area contributed by atoms with Crippen LogP contribution in [0.15, 0.2) is 12.1 Å². The summed E-state index contributed by atoms with van der Waals surface area (Å²) in [5.74, 6) is 0.720. The van der Waals surface area contributed by atoms with Crippen LogP contribution in [0.3, 0.4) is 0 Å². The molecule has 23 heavy (non-hydrogen) atoms. The maximum absolute atomic E-state index is 11.3. The van der Waals surface area contributed by atoms with E-state index in [9.17, 15) is 10.1 Å². The lowest BCUT2D eigenvalue weighted by atomic mass is 10.3. The van der Waals surface area contributed by atoms with E-state index < -0.39 is 4.92 Å². The van der Waals surface area contributed by atoms with Gasteiger partial charge in [0.2, 0.25) is 11.7 Å². The Morgan fingerprint density at radius 3 is 2.57 bits per heavy atom. The Balaban J connectivity index is 2.40. The van der Waals surface area contributed by atoms with Gasteiger partial charge < -0.3 is 9.64 Å². The molecule has 0 atom stereocenters. The van der Waals surface area contributed by atoms with E-state index in [4.69, 9.17) is 4.74 Å². The minimum atomic E-state index is -0.411. The Hall–Kier alpha value is -2.22. The van der Waals surface area contributed by atoms with Crippen LogP contribution >= 0.6 is 11.3 Å². The summed E-state index contributed by atoms with van der Waals surface area (Å²) in [6.07, 6.45) is 0. The molecule has 8 heteroatoms. The van der Waals surface area contributed by atoms with Crippen molar-refractivity contribution >= 4 is 22.8 Å². The highest BCUT2D eigenvalue weighted by molar-refractivity contribution is 7.11. The number of hydrogen-bond donors (Lipinski definition) is 0. The number of nitrogens with zero attached hydrogens (tertiary/aromatic N) is 4. The molecule has 0 aliphatic rings. The fraction of sp³-hybridized carbons (Fsp3) is 0.467. The van der Waals surface area contributed by atoms with Crippen molar-refractivity contribution in [3.05, 3.63) is 37.8 Å². The lowest BCUT2D eigenvalue weighted by molar-refractivity contribution is -0.384. The summed E-state index contributed by atoms with van der Waals surface area (Å²) in [4.78, 5) is 22.6. The van der Waals surface area contributed by atoms with Crippen LogP contribution in [0.1, 0.15) is 29.4 Å². The number of aryl methyl sites for hydroxylation is 2. The summed E-state index contributed by atoms with van der Waals surface area (Å²) < 4.78 is 5.38. The molecule has 0 aliphatic heterocycles. The Bertz CT molecular complexity index is 702. The molecule has 0 aliphatic carbocycles. The Morgan fingerprint density at radius 2 is 2.04 bits per heavy atom. The van der Waals surface area contributed by atoms with Gasteiger partial charge in [-0.25, -0.2) is 4.98 Å². The van der Waals surface area contributed by atoms with Gasteiger partial charge in [-0.05, 0) is 27.7 Å². The van der Waals surface area contributed by atoms with E-state index in [2.05, 4.69) is 9.97 Å². The third-order valence-electron chi connectivity index (χ3n) is 3.33. The second kappa shape index (κ2) is 7.36. The average Bonchev–Trinajstić information content (AvgIpc) is 2.82. The van der Waals surface area contributed by atoms with E-state index in [-0.39, 0.29) is 5.69 Å². The van der Waals surface area contributed by atoms with E-state index >= 15 is 0 Å². The normalized spacial score (nSPS) is 10.6.